The summed E-state index contributed by atoms with van der Waals surface area (Å²) in [6.45, 7) is 2.30. The first-order valence-corrected chi connectivity index (χ1v) is 12.7. The van der Waals surface area contributed by atoms with Crippen LogP contribution in [-0.2, 0) is 37.2 Å². The Morgan fingerprint density at radius 2 is 1.94 bits per heavy atom. The Labute approximate surface area is 185 Å². The number of aliphatic hydroxyl groups is 1. The summed E-state index contributed by atoms with van der Waals surface area (Å²) in [5.41, 5.74) is 0.606. The van der Waals surface area contributed by atoms with Gasteiger partial charge in [0.05, 0.1) is 12.6 Å². The molecule has 2 N–H and O–H groups in total. The predicted octanol–water partition coefficient (Wildman–Crippen LogP) is 1.74. The monoisotopic (exact) mass is 469 g/mol. The minimum Gasteiger partial charge on any atom is -0.469 e. The Morgan fingerprint density at radius 1 is 1.16 bits per heavy atom. The van der Waals surface area contributed by atoms with Crippen molar-refractivity contribution in [3.8, 4) is 0 Å². The van der Waals surface area contributed by atoms with Crippen molar-refractivity contribution in [2.75, 3.05) is 13.4 Å². The first kappa shape index (κ1) is 22.3. The number of aliphatic hydroxyl groups excluding tert-OH is 1. The maximum Gasteiger partial charge on any atom is 0.475 e. The van der Waals surface area contributed by atoms with E-state index in [1.54, 1.807) is 12.2 Å². The molecule has 32 heavy (non-hydrogen) atoms. The Hall–Kier alpha value is -1.55. The van der Waals surface area contributed by atoms with E-state index in [9.17, 15) is 19.3 Å². The molecule has 3 heterocycles. The van der Waals surface area contributed by atoms with E-state index in [1.165, 1.54) is 0 Å². The van der Waals surface area contributed by atoms with Gasteiger partial charge in [-0.25, -0.2) is 4.57 Å². The fourth-order valence-corrected chi connectivity index (χ4v) is 6.69. The lowest BCUT2D eigenvalue weighted by molar-refractivity contribution is -0.143. The number of unbranched alkanes of at least 4 members (excludes halogenated alkanes) is 4. The third kappa shape index (κ3) is 3.77. The molecule has 0 aromatic carbocycles. The molecule has 0 bridgehead atoms. The number of carbonyl (C=O) groups excluding carboxylic acids is 2. The van der Waals surface area contributed by atoms with Crippen LogP contribution in [0.5, 0.6) is 0 Å². The number of piperidine rings is 1. The van der Waals surface area contributed by atoms with Crippen LogP contribution in [0.1, 0.15) is 39.0 Å². The molecular formula is C21H28NO9P. The molecule has 1 amide bonds. The van der Waals surface area contributed by atoms with Crippen LogP contribution in [0.2, 0.25) is 0 Å². The van der Waals surface area contributed by atoms with Crippen LogP contribution in [0.4, 0.5) is 0 Å². The fraction of sp³-hybridized carbons (Fsp3) is 0.714. The van der Waals surface area contributed by atoms with Crippen molar-refractivity contribution in [3.63, 3.8) is 0 Å². The van der Waals surface area contributed by atoms with Gasteiger partial charge in [0.1, 0.15) is 30.0 Å². The summed E-state index contributed by atoms with van der Waals surface area (Å²) in [6, 6.07) is -0.704. The number of rotatable bonds is 7. The zero-order valence-electron chi connectivity index (χ0n) is 17.8. The van der Waals surface area contributed by atoms with Crippen LogP contribution in [-0.4, -0.2) is 60.7 Å². The maximum atomic E-state index is 13.0. The Balaban J connectivity index is 1.32. The number of ether oxygens (including phenoxy) is 2. The largest absolute Gasteiger partial charge is 0.475 e. The molecule has 0 spiro atoms. The van der Waals surface area contributed by atoms with Gasteiger partial charge < -0.3 is 19.9 Å². The molecule has 8 atom stereocenters. The summed E-state index contributed by atoms with van der Waals surface area (Å²) >= 11 is 0. The van der Waals surface area contributed by atoms with Crippen molar-refractivity contribution in [3.05, 3.63) is 23.5 Å². The second kappa shape index (κ2) is 8.66. The average molecular weight is 469 g/mol. The molecule has 3 fully saturated rings. The highest BCUT2D eigenvalue weighted by Gasteiger charge is 2.60. The molecule has 3 saturated heterocycles. The van der Waals surface area contributed by atoms with Crippen LogP contribution >= 0.6 is 7.82 Å². The Bertz CT molecular complexity index is 902. The summed E-state index contributed by atoms with van der Waals surface area (Å²) < 4.78 is 40.4. The average Bonchev–Trinajstić information content (AvgIpc) is 3.37. The van der Waals surface area contributed by atoms with E-state index in [1.807, 2.05) is 0 Å². The lowest BCUT2D eigenvalue weighted by Gasteiger charge is -2.44. The van der Waals surface area contributed by atoms with Crippen LogP contribution in [0.15, 0.2) is 23.5 Å². The third-order valence-corrected chi connectivity index (χ3v) is 8.16. The molecule has 2 aliphatic carbocycles. The molecule has 0 aromatic rings. The number of fused-ring (bicyclic) bond motifs is 6. The number of Topliss-reactive ketones (excluding diaryl/α,β-unsaturated/α-hetero) is 1. The first-order chi connectivity index (χ1) is 15.4. The van der Waals surface area contributed by atoms with Gasteiger partial charge in [-0.15, -0.1) is 0 Å². The molecule has 0 radical (unpaired) electrons. The van der Waals surface area contributed by atoms with Gasteiger partial charge in [0.2, 0.25) is 5.91 Å². The van der Waals surface area contributed by atoms with Crippen molar-refractivity contribution in [1.82, 2.24) is 5.32 Å². The van der Waals surface area contributed by atoms with Crippen LogP contribution in [0.3, 0.4) is 0 Å². The number of carbonyl (C=O) groups is 2. The zero-order valence-corrected chi connectivity index (χ0v) is 18.7. The Morgan fingerprint density at radius 3 is 2.75 bits per heavy atom. The quantitative estimate of drug-likeness (QED) is 0.248. The number of phosphoric ester groups is 1. The van der Waals surface area contributed by atoms with Crippen LogP contribution in [0, 0.1) is 11.8 Å². The summed E-state index contributed by atoms with van der Waals surface area (Å²) in [7, 11) is -3.89. The molecule has 176 valence electrons. The predicted molar refractivity (Wildman–Crippen MR) is 109 cm³/mol. The third-order valence-electron chi connectivity index (χ3n) is 6.66. The van der Waals surface area contributed by atoms with Gasteiger partial charge >= 0.3 is 7.82 Å². The first-order valence-electron chi connectivity index (χ1n) is 11.2. The lowest BCUT2D eigenvalue weighted by atomic mass is 9.68. The van der Waals surface area contributed by atoms with Crippen molar-refractivity contribution in [1.29, 1.82) is 0 Å². The van der Waals surface area contributed by atoms with Crippen molar-refractivity contribution in [2.24, 2.45) is 11.8 Å². The van der Waals surface area contributed by atoms with Gasteiger partial charge in [0, 0.05) is 5.92 Å². The molecule has 5 aliphatic rings. The van der Waals surface area contributed by atoms with E-state index in [2.05, 4.69) is 12.2 Å². The molecule has 5 rings (SSSR count). The molecule has 11 heteroatoms. The van der Waals surface area contributed by atoms with Crippen molar-refractivity contribution < 1.29 is 42.3 Å². The lowest BCUT2D eigenvalue weighted by Crippen LogP contribution is -2.63. The summed E-state index contributed by atoms with van der Waals surface area (Å²) in [5.74, 6) is -2.05. The minimum absolute atomic E-state index is 0.0466. The molecule has 4 unspecified atom stereocenters. The van der Waals surface area contributed by atoms with E-state index in [4.69, 9.17) is 23.0 Å². The highest BCUT2D eigenvalue weighted by atomic mass is 31.2. The van der Waals surface area contributed by atoms with Crippen molar-refractivity contribution >= 4 is 19.5 Å². The van der Waals surface area contributed by atoms with E-state index in [0.29, 0.717) is 11.3 Å². The van der Waals surface area contributed by atoms with Crippen LogP contribution < -0.4 is 5.32 Å². The number of ketones is 1. The normalized spacial score (nSPS) is 42.1. The van der Waals surface area contributed by atoms with Crippen LogP contribution in [0.25, 0.3) is 0 Å². The van der Waals surface area contributed by atoms with Crippen molar-refractivity contribution in [2.45, 2.75) is 69.5 Å². The van der Waals surface area contributed by atoms with Gasteiger partial charge in [0.25, 0.3) is 0 Å². The Kier molecular flexibility index (Phi) is 6.03. The molecule has 0 aromatic heterocycles. The maximum absolute atomic E-state index is 13.0. The van der Waals surface area contributed by atoms with Gasteiger partial charge in [-0.3, -0.25) is 23.2 Å². The smallest absolute Gasteiger partial charge is 0.469 e. The number of hydrogen-bond acceptors (Lipinski definition) is 9. The highest BCUT2D eigenvalue weighted by Crippen LogP contribution is 2.60. The van der Waals surface area contributed by atoms with E-state index in [-0.39, 0.29) is 19.2 Å². The number of allylic oxidation sites excluding steroid dienone is 1. The number of amides is 1. The van der Waals surface area contributed by atoms with Gasteiger partial charge in [-0.1, -0.05) is 38.7 Å². The van der Waals surface area contributed by atoms with E-state index >= 15 is 0 Å². The molecule has 10 nitrogen and oxygen atoms in total. The molecule has 3 aliphatic heterocycles. The summed E-state index contributed by atoms with van der Waals surface area (Å²) in [4.78, 5) is 25.7. The molecule has 0 saturated carbocycles. The van der Waals surface area contributed by atoms with Gasteiger partial charge in [-0.2, -0.15) is 0 Å². The highest BCUT2D eigenvalue weighted by molar-refractivity contribution is 7.48. The van der Waals surface area contributed by atoms with Gasteiger partial charge in [0.15, 0.2) is 18.7 Å². The fourth-order valence-electron chi connectivity index (χ4n) is 5.09. The number of hydrogen-bond donors (Lipinski definition) is 2. The number of nitrogens with one attached hydrogen (secondary N) is 1. The summed E-state index contributed by atoms with van der Waals surface area (Å²) in [6.07, 6.45) is 4.41. The second-order valence-electron chi connectivity index (χ2n) is 8.76. The van der Waals surface area contributed by atoms with E-state index < -0.39 is 56.0 Å². The topological polar surface area (TPSA) is 130 Å². The van der Waals surface area contributed by atoms with Gasteiger partial charge in [-0.05, 0) is 18.1 Å². The minimum atomic E-state index is -3.89. The summed E-state index contributed by atoms with van der Waals surface area (Å²) in [5, 5.41) is 13.5. The second-order valence-corrected chi connectivity index (χ2v) is 10.3. The number of phosphoric acid groups is 1. The zero-order chi connectivity index (χ0) is 22.5. The standard InChI is InChI=1S/C21H28NO9P/c1-2-3-4-5-6-7-29-32(26)30-18-13(23)8-12-11-9-14-19(28-10-27-14)17(24)15(11)21(25)22-16(12)20(18)31-32/h8-9,11,13,15-16,18-20,23H,2-7,10H2,1H3,(H,22,25)/t11?,13-,15?,16+,18+,19?,20-,32?/m0/s1. The molecular weight excluding hydrogens is 441 g/mol. The van der Waals surface area contributed by atoms with E-state index in [0.717, 1.165) is 32.1 Å². The SMILES string of the molecule is CCCCCCCOP1(=O)O[C@@H]2[C@H](O1)[C@@H](O)C=C1C3C=C4OCOC4C(=O)C3C(=O)N[C@H]12.